The molecule has 0 unspecified atom stereocenters. The predicted octanol–water partition coefficient (Wildman–Crippen LogP) is 3.55. The molecule has 1 saturated carbocycles. The number of nitrogens with zero attached hydrogens (tertiary/aromatic N) is 2. The monoisotopic (exact) mass is 460 g/mol. The van der Waals surface area contributed by atoms with Crippen molar-refractivity contribution in [2.45, 2.75) is 49.5 Å². The lowest BCUT2D eigenvalue weighted by molar-refractivity contribution is 0.180. The average molecular weight is 461 g/mol. The van der Waals surface area contributed by atoms with Gasteiger partial charge in [-0.3, -0.25) is 4.79 Å². The van der Waals surface area contributed by atoms with Crippen molar-refractivity contribution < 1.29 is 9.13 Å². The van der Waals surface area contributed by atoms with Gasteiger partial charge in [0, 0.05) is 23.9 Å². The Labute approximate surface area is 192 Å². The second-order valence-corrected chi connectivity index (χ2v) is 10.9. The predicted molar refractivity (Wildman–Crippen MR) is 127 cm³/mol. The smallest absolute Gasteiger partial charge is 0.261 e. The van der Waals surface area contributed by atoms with Gasteiger partial charge in [0.05, 0.1) is 17.9 Å². The van der Waals surface area contributed by atoms with Crippen LogP contribution in [0.25, 0.3) is 10.9 Å². The van der Waals surface area contributed by atoms with E-state index in [0.29, 0.717) is 40.6 Å². The molecule has 0 atom stereocenters. The molecular weight excluding hydrogens is 427 g/mol. The van der Waals surface area contributed by atoms with E-state index in [0.717, 1.165) is 32.1 Å². The number of fused-ring (bicyclic) bond motifs is 1. The molecule has 5 rings (SSSR count). The number of thioether (sulfide) groups is 1. The van der Waals surface area contributed by atoms with Gasteiger partial charge in [-0.2, -0.15) is 11.8 Å². The Morgan fingerprint density at radius 3 is 2.62 bits per heavy atom. The van der Waals surface area contributed by atoms with Crippen molar-refractivity contribution in [3.63, 3.8) is 0 Å². The molecule has 174 valence electrons. The van der Waals surface area contributed by atoms with Gasteiger partial charge in [-0.15, -0.1) is 0 Å². The summed E-state index contributed by atoms with van der Waals surface area (Å²) in [5.41, 5.74) is -0.0272. The highest BCUT2D eigenvalue weighted by atomic mass is 32.2. The van der Waals surface area contributed by atoms with Crippen LogP contribution >= 0.6 is 11.8 Å². The van der Waals surface area contributed by atoms with Crippen LogP contribution in [-0.4, -0.2) is 59.4 Å². The molecule has 1 aromatic heterocycles. The average Bonchev–Trinajstić information content (AvgIpc) is 3.62. The molecule has 2 N–H and O–H groups in total. The summed E-state index contributed by atoms with van der Waals surface area (Å²) in [6.07, 6.45) is 7.27. The third kappa shape index (κ3) is 5.64. The SMILES string of the molecule is O=c1[nH]c(CSC2CCN(CC3CCNCC3)CC2)nc2cc(OCC3CC3)cc(F)c12. The maximum Gasteiger partial charge on any atom is 0.261 e. The zero-order valence-corrected chi connectivity index (χ0v) is 19.4. The molecule has 8 heteroatoms. The number of benzene rings is 1. The maximum atomic E-state index is 14.5. The molecule has 0 bridgehead atoms. The van der Waals surface area contributed by atoms with E-state index in [1.54, 1.807) is 6.07 Å². The molecule has 1 aromatic carbocycles. The van der Waals surface area contributed by atoms with Gasteiger partial charge >= 0.3 is 0 Å². The largest absolute Gasteiger partial charge is 0.493 e. The summed E-state index contributed by atoms with van der Waals surface area (Å²) in [6, 6.07) is 3.00. The minimum absolute atomic E-state index is 0.0174. The molecule has 2 saturated heterocycles. The lowest BCUT2D eigenvalue weighted by Crippen LogP contribution is -2.40. The first-order valence-electron chi connectivity index (χ1n) is 12.0. The molecular formula is C24H33FN4O2S. The Hall–Kier alpha value is -1.64. The number of nitrogens with one attached hydrogen (secondary N) is 2. The van der Waals surface area contributed by atoms with E-state index in [1.165, 1.54) is 51.1 Å². The molecule has 1 aliphatic carbocycles. The standard InChI is InChI=1S/C24H33FN4O2S/c25-20-11-18(31-14-17-1-2-17)12-21-23(20)24(30)28-22(27-21)15-32-19-5-9-29(10-6-19)13-16-3-7-26-8-4-16/h11-12,16-17,19,26H,1-10,13-15H2,(H,27,28,30). The number of aromatic amines is 1. The quantitative estimate of drug-likeness (QED) is 0.628. The van der Waals surface area contributed by atoms with Crippen LogP contribution in [0.15, 0.2) is 16.9 Å². The molecule has 0 radical (unpaired) electrons. The highest BCUT2D eigenvalue weighted by molar-refractivity contribution is 7.99. The fraction of sp³-hybridized carbons (Fsp3) is 0.667. The Kier molecular flexibility index (Phi) is 6.99. The Morgan fingerprint density at radius 1 is 1.09 bits per heavy atom. The van der Waals surface area contributed by atoms with Gasteiger partial charge in [-0.25, -0.2) is 9.37 Å². The summed E-state index contributed by atoms with van der Waals surface area (Å²) in [5.74, 6) is 2.56. The molecule has 3 fully saturated rings. The van der Waals surface area contributed by atoms with Crippen molar-refractivity contribution in [3.05, 3.63) is 34.1 Å². The van der Waals surface area contributed by atoms with Crippen LogP contribution in [0, 0.1) is 17.7 Å². The minimum Gasteiger partial charge on any atom is -0.493 e. The number of rotatable bonds is 8. The van der Waals surface area contributed by atoms with Gasteiger partial charge in [-0.1, -0.05) is 0 Å². The Balaban J connectivity index is 1.16. The third-order valence-corrected chi connectivity index (χ3v) is 8.31. The Morgan fingerprint density at radius 2 is 1.88 bits per heavy atom. The molecule has 3 heterocycles. The van der Waals surface area contributed by atoms with Crippen molar-refractivity contribution in [1.82, 2.24) is 20.2 Å². The van der Waals surface area contributed by atoms with E-state index >= 15 is 0 Å². The van der Waals surface area contributed by atoms with Crippen LogP contribution in [0.4, 0.5) is 4.39 Å². The minimum atomic E-state index is -0.567. The number of hydrogen-bond acceptors (Lipinski definition) is 6. The van der Waals surface area contributed by atoms with E-state index in [4.69, 9.17) is 4.74 Å². The highest BCUT2D eigenvalue weighted by Gasteiger charge is 2.24. The molecule has 6 nitrogen and oxygen atoms in total. The van der Waals surface area contributed by atoms with Crippen molar-refractivity contribution in [3.8, 4) is 5.75 Å². The number of hydrogen-bond donors (Lipinski definition) is 2. The lowest BCUT2D eigenvalue weighted by atomic mass is 9.96. The van der Waals surface area contributed by atoms with Gasteiger partial charge in [0.2, 0.25) is 0 Å². The summed E-state index contributed by atoms with van der Waals surface area (Å²) in [4.78, 5) is 22.5. The second-order valence-electron chi connectivity index (χ2n) is 9.57. The van der Waals surface area contributed by atoms with Crippen LogP contribution in [0.2, 0.25) is 0 Å². The maximum absolute atomic E-state index is 14.5. The summed E-state index contributed by atoms with van der Waals surface area (Å²) in [5, 5.41) is 4.04. The second kappa shape index (κ2) is 10.1. The van der Waals surface area contributed by atoms with Crippen molar-refractivity contribution in [2.24, 2.45) is 11.8 Å². The topological polar surface area (TPSA) is 70.2 Å². The third-order valence-electron chi connectivity index (χ3n) is 6.93. The van der Waals surface area contributed by atoms with Crippen LogP contribution in [-0.2, 0) is 5.75 Å². The van der Waals surface area contributed by atoms with E-state index in [-0.39, 0.29) is 5.39 Å². The zero-order valence-electron chi connectivity index (χ0n) is 18.6. The van der Waals surface area contributed by atoms with Crippen LogP contribution in [0.3, 0.4) is 0 Å². The molecule has 32 heavy (non-hydrogen) atoms. The summed E-state index contributed by atoms with van der Waals surface area (Å²) < 4.78 is 20.2. The van der Waals surface area contributed by atoms with Crippen LogP contribution in [0.1, 0.15) is 44.3 Å². The zero-order chi connectivity index (χ0) is 21.9. The summed E-state index contributed by atoms with van der Waals surface area (Å²) in [6.45, 7) is 6.45. The first-order chi connectivity index (χ1) is 15.6. The molecule has 3 aliphatic rings. The van der Waals surface area contributed by atoms with E-state index in [9.17, 15) is 9.18 Å². The fourth-order valence-electron chi connectivity index (χ4n) is 4.78. The van der Waals surface area contributed by atoms with E-state index < -0.39 is 11.4 Å². The number of piperidine rings is 2. The lowest BCUT2D eigenvalue weighted by Gasteiger charge is -2.35. The van der Waals surface area contributed by atoms with Crippen LogP contribution < -0.4 is 15.6 Å². The normalized spacial score (nSPS) is 21.3. The highest BCUT2D eigenvalue weighted by Crippen LogP contribution is 2.31. The van der Waals surface area contributed by atoms with E-state index in [2.05, 4.69) is 20.2 Å². The molecule has 0 amide bonds. The molecule has 2 aromatic rings. The van der Waals surface area contributed by atoms with Crippen molar-refractivity contribution >= 4 is 22.7 Å². The van der Waals surface area contributed by atoms with Gasteiger partial charge in [0.25, 0.3) is 5.56 Å². The fourth-order valence-corrected chi connectivity index (χ4v) is 5.86. The first kappa shape index (κ1) is 22.2. The number of H-pyrrole nitrogens is 1. The van der Waals surface area contributed by atoms with Gasteiger partial charge in [0.1, 0.15) is 22.8 Å². The number of aromatic nitrogens is 2. The number of halogens is 1. The number of likely N-dealkylation sites (tertiary alicyclic amines) is 1. The van der Waals surface area contributed by atoms with Crippen molar-refractivity contribution in [2.75, 3.05) is 39.3 Å². The van der Waals surface area contributed by atoms with Crippen molar-refractivity contribution in [1.29, 1.82) is 0 Å². The number of ether oxygens (including phenoxy) is 1. The molecule has 0 spiro atoms. The van der Waals surface area contributed by atoms with Gasteiger partial charge in [0.15, 0.2) is 0 Å². The van der Waals surface area contributed by atoms with Gasteiger partial charge < -0.3 is 19.9 Å². The van der Waals surface area contributed by atoms with Crippen LogP contribution in [0.5, 0.6) is 5.75 Å². The Bertz CT molecular complexity index is 982. The van der Waals surface area contributed by atoms with Gasteiger partial charge in [-0.05, 0) is 76.5 Å². The summed E-state index contributed by atoms with van der Waals surface area (Å²) in [7, 11) is 0. The first-order valence-corrected chi connectivity index (χ1v) is 13.1. The van der Waals surface area contributed by atoms with E-state index in [1.807, 2.05) is 11.8 Å². The summed E-state index contributed by atoms with van der Waals surface area (Å²) >= 11 is 1.85. The molecule has 2 aliphatic heterocycles.